The fourth-order valence-electron chi connectivity index (χ4n) is 2.52. The van der Waals surface area contributed by atoms with E-state index in [4.69, 9.17) is 5.73 Å². The normalized spacial score (nSPS) is 18.5. The second kappa shape index (κ2) is 4.36. The Hall–Kier alpha value is -0.820. The highest BCUT2D eigenvalue weighted by Gasteiger charge is 2.35. The van der Waals surface area contributed by atoms with E-state index in [0.717, 1.165) is 13.0 Å². The fraction of sp³-hybridized carbons (Fsp3) is 0.571. The molecule has 1 aromatic carbocycles. The fourth-order valence-corrected chi connectivity index (χ4v) is 2.52. The van der Waals surface area contributed by atoms with Crippen molar-refractivity contribution in [3.8, 4) is 0 Å². The zero-order chi connectivity index (χ0) is 10.7. The van der Waals surface area contributed by atoms with E-state index in [1.54, 1.807) is 0 Å². The molecule has 15 heavy (non-hydrogen) atoms. The summed E-state index contributed by atoms with van der Waals surface area (Å²) in [4.78, 5) is 0. The molecule has 0 radical (unpaired) electrons. The van der Waals surface area contributed by atoms with Crippen molar-refractivity contribution in [2.45, 2.75) is 39.0 Å². The first kappa shape index (κ1) is 10.7. The summed E-state index contributed by atoms with van der Waals surface area (Å²) in [5.74, 6) is 0. The molecule has 1 fully saturated rings. The zero-order valence-electron chi connectivity index (χ0n) is 9.63. The first-order valence-electron chi connectivity index (χ1n) is 6.06. The Morgan fingerprint density at radius 2 is 2.00 bits per heavy atom. The van der Waals surface area contributed by atoms with Crippen LogP contribution in [0.15, 0.2) is 24.3 Å². The van der Waals surface area contributed by atoms with Crippen LogP contribution in [0.2, 0.25) is 0 Å². The smallest absolute Gasteiger partial charge is 0.00173 e. The molecular formula is C14H21N. The molecule has 1 aromatic rings. The lowest BCUT2D eigenvalue weighted by Crippen LogP contribution is -2.39. The first-order chi connectivity index (χ1) is 7.28. The van der Waals surface area contributed by atoms with Gasteiger partial charge in [-0.2, -0.15) is 0 Å². The number of hydrogen-bond acceptors (Lipinski definition) is 1. The van der Waals surface area contributed by atoms with Crippen molar-refractivity contribution in [1.82, 2.24) is 0 Å². The van der Waals surface area contributed by atoms with Crippen molar-refractivity contribution >= 4 is 0 Å². The van der Waals surface area contributed by atoms with Gasteiger partial charge in [0.05, 0.1) is 0 Å². The number of rotatable bonds is 4. The van der Waals surface area contributed by atoms with Crippen LogP contribution >= 0.6 is 0 Å². The average Bonchev–Trinajstić information content (AvgIpc) is 2.24. The van der Waals surface area contributed by atoms with E-state index in [9.17, 15) is 0 Å². The number of nitrogens with two attached hydrogens (primary N) is 1. The lowest BCUT2D eigenvalue weighted by atomic mass is 9.65. The minimum atomic E-state index is 0.437. The van der Waals surface area contributed by atoms with Crippen LogP contribution in [0, 0.1) is 5.41 Å². The van der Waals surface area contributed by atoms with Crippen LogP contribution in [-0.2, 0) is 12.8 Å². The Kier molecular flexibility index (Phi) is 3.11. The van der Waals surface area contributed by atoms with Crippen LogP contribution in [0.25, 0.3) is 0 Å². The number of hydrogen-bond donors (Lipinski definition) is 1. The van der Waals surface area contributed by atoms with Gasteiger partial charge in [-0.1, -0.05) is 37.6 Å². The Labute approximate surface area is 92.7 Å². The van der Waals surface area contributed by atoms with Gasteiger partial charge in [-0.3, -0.25) is 0 Å². The molecule has 0 heterocycles. The molecule has 0 aromatic heterocycles. The summed E-state index contributed by atoms with van der Waals surface area (Å²) < 4.78 is 0. The highest BCUT2D eigenvalue weighted by molar-refractivity contribution is 5.25. The summed E-state index contributed by atoms with van der Waals surface area (Å²) in [6.45, 7) is 3.06. The van der Waals surface area contributed by atoms with E-state index in [2.05, 4.69) is 31.2 Å². The second-order valence-electron chi connectivity index (χ2n) is 4.91. The van der Waals surface area contributed by atoms with Crippen LogP contribution in [0.5, 0.6) is 0 Å². The molecule has 0 unspecified atom stereocenters. The van der Waals surface area contributed by atoms with Crippen LogP contribution in [0.4, 0.5) is 0 Å². The minimum absolute atomic E-state index is 0.437. The van der Waals surface area contributed by atoms with E-state index in [0.29, 0.717) is 5.41 Å². The van der Waals surface area contributed by atoms with Gasteiger partial charge in [0.25, 0.3) is 0 Å². The molecule has 0 spiro atoms. The molecule has 1 saturated carbocycles. The molecule has 0 bridgehead atoms. The third kappa shape index (κ3) is 2.23. The van der Waals surface area contributed by atoms with Crippen molar-refractivity contribution in [3.63, 3.8) is 0 Å². The first-order valence-corrected chi connectivity index (χ1v) is 6.06. The molecule has 82 valence electrons. The minimum Gasteiger partial charge on any atom is -0.330 e. The molecule has 2 N–H and O–H groups in total. The van der Waals surface area contributed by atoms with Gasteiger partial charge in [0.15, 0.2) is 0 Å². The largest absolute Gasteiger partial charge is 0.330 e. The molecule has 0 saturated heterocycles. The Balaban J connectivity index is 2.09. The van der Waals surface area contributed by atoms with E-state index in [-0.39, 0.29) is 0 Å². The maximum absolute atomic E-state index is 5.89. The van der Waals surface area contributed by atoms with Gasteiger partial charge in [0, 0.05) is 0 Å². The summed E-state index contributed by atoms with van der Waals surface area (Å²) in [7, 11) is 0. The molecule has 1 nitrogen and oxygen atoms in total. The lowest BCUT2D eigenvalue weighted by Gasteiger charge is -2.41. The van der Waals surface area contributed by atoms with Crippen LogP contribution in [-0.4, -0.2) is 6.54 Å². The van der Waals surface area contributed by atoms with Crippen molar-refractivity contribution in [1.29, 1.82) is 0 Å². The standard InChI is InChI=1S/C14H21N/c1-2-12-5-3-6-13(9-12)10-14(11-15)7-4-8-14/h3,5-6,9H,2,4,7-8,10-11,15H2,1H3. The van der Waals surface area contributed by atoms with Crippen molar-refractivity contribution < 1.29 is 0 Å². The molecule has 1 aliphatic carbocycles. The Bertz CT molecular complexity index is 320. The van der Waals surface area contributed by atoms with Crippen molar-refractivity contribution in [2.75, 3.05) is 6.54 Å². The van der Waals surface area contributed by atoms with Crippen molar-refractivity contribution in [2.24, 2.45) is 11.1 Å². The predicted octanol–water partition coefficient (Wildman–Crippen LogP) is 2.92. The molecule has 0 amide bonds. The maximum atomic E-state index is 5.89. The van der Waals surface area contributed by atoms with Gasteiger partial charge in [-0.15, -0.1) is 0 Å². The van der Waals surface area contributed by atoms with Crippen LogP contribution in [0.3, 0.4) is 0 Å². The van der Waals surface area contributed by atoms with Crippen molar-refractivity contribution in [3.05, 3.63) is 35.4 Å². The Morgan fingerprint density at radius 1 is 1.27 bits per heavy atom. The lowest BCUT2D eigenvalue weighted by molar-refractivity contribution is 0.145. The summed E-state index contributed by atoms with van der Waals surface area (Å²) in [6, 6.07) is 8.97. The topological polar surface area (TPSA) is 26.0 Å². The summed E-state index contributed by atoms with van der Waals surface area (Å²) in [5.41, 5.74) is 9.24. The van der Waals surface area contributed by atoms with Gasteiger partial charge in [0.1, 0.15) is 0 Å². The van der Waals surface area contributed by atoms with E-state index >= 15 is 0 Å². The van der Waals surface area contributed by atoms with Gasteiger partial charge in [-0.25, -0.2) is 0 Å². The molecule has 1 aliphatic rings. The number of benzene rings is 1. The monoisotopic (exact) mass is 203 g/mol. The third-order valence-corrected chi connectivity index (χ3v) is 3.83. The van der Waals surface area contributed by atoms with Gasteiger partial charge in [0.2, 0.25) is 0 Å². The second-order valence-corrected chi connectivity index (χ2v) is 4.91. The van der Waals surface area contributed by atoms with Gasteiger partial charge in [-0.05, 0) is 48.8 Å². The maximum Gasteiger partial charge on any atom is -0.00173 e. The molecular weight excluding hydrogens is 182 g/mol. The zero-order valence-corrected chi connectivity index (χ0v) is 9.63. The van der Waals surface area contributed by atoms with E-state index < -0.39 is 0 Å². The summed E-state index contributed by atoms with van der Waals surface area (Å²) in [5, 5.41) is 0. The Morgan fingerprint density at radius 3 is 2.53 bits per heavy atom. The molecule has 0 atom stereocenters. The SMILES string of the molecule is CCc1cccc(CC2(CN)CCC2)c1. The molecule has 1 heteroatoms. The summed E-state index contributed by atoms with van der Waals surface area (Å²) in [6.07, 6.45) is 6.31. The number of aryl methyl sites for hydroxylation is 1. The van der Waals surface area contributed by atoms with Crippen LogP contribution in [0.1, 0.15) is 37.3 Å². The third-order valence-electron chi connectivity index (χ3n) is 3.83. The summed E-state index contributed by atoms with van der Waals surface area (Å²) >= 11 is 0. The van der Waals surface area contributed by atoms with Gasteiger partial charge < -0.3 is 5.73 Å². The molecule has 0 aliphatic heterocycles. The van der Waals surface area contributed by atoms with Gasteiger partial charge >= 0.3 is 0 Å². The predicted molar refractivity (Wildman–Crippen MR) is 64.9 cm³/mol. The quantitative estimate of drug-likeness (QED) is 0.800. The molecule has 2 rings (SSSR count). The van der Waals surface area contributed by atoms with E-state index in [1.165, 1.54) is 36.8 Å². The van der Waals surface area contributed by atoms with Crippen LogP contribution < -0.4 is 5.73 Å². The van der Waals surface area contributed by atoms with E-state index in [1.807, 2.05) is 0 Å². The highest BCUT2D eigenvalue weighted by Crippen LogP contribution is 2.42. The highest BCUT2D eigenvalue weighted by atomic mass is 14.6. The average molecular weight is 203 g/mol.